The van der Waals surface area contributed by atoms with Gasteiger partial charge >= 0.3 is 0 Å². The van der Waals surface area contributed by atoms with Crippen LogP contribution in [-0.2, 0) is 0 Å². The Morgan fingerprint density at radius 1 is 0.500 bits per heavy atom. The third-order valence-electron chi connectivity index (χ3n) is 5.57. The maximum absolute atomic E-state index is 5.30. The monoisotopic (exact) mass is 436 g/mol. The molecule has 0 aliphatic rings. The van der Waals surface area contributed by atoms with Crippen molar-refractivity contribution in [2.75, 3.05) is 26.2 Å². The predicted molar refractivity (Wildman–Crippen MR) is 142 cm³/mol. The summed E-state index contributed by atoms with van der Waals surface area (Å²) < 4.78 is 0. The first-order chi connectivity index (χ1) is 15.1. The first kappa shape index (κ1) is 30.2. The van der Waals surface area contributed by atoms with Crippen LogP contribution in [0.25, 0.3) is 0 Å². The molecule has 0 bridgehead atoms. The van der Waals surface area contributed by atoms with Crippen molar-refractivity contribution in [1.29, 1.82) is 0 Å². The van der Waals surface area contributed by atoms with E-state index in [1.165, 1.54) is 12.8 Å². The molecule has 0 heterocycles. The highest BCUT2D eigenvalue weighted by Crippen LogP contribution is 2.16. The van der Waals surface area contributed by atoms with Gasteiger partial charge in [-0.2, -0.15) is 0 Å². The van der Waals surface area contributed by atoms with E-state index in [2.05, 4.69) is 86.9 Å². The van der Waals surface area contributed by atoms with Gasteiger partial charge in [0.05, 0.1) is 13.1 Å². The molecule has 0 aromatic carbocycles. The summed E-state index contributed by atoms with van der Waals surface area (Å²) in [5, 5.41) is 0. The molecule has 0 saturated heterocycles. The quantitative estimate of drug-likeness (QED) is 0.245. The van der Waals surface area contributed by atoms with Crippen LogP contribution in [0.4, 0.5) is 0 Å². The van der Waals surface area contributed by atoms with Crippen molar-refractivity contribution in [3.8, 4) is 48.4 Å². The zero-order chi connectivity index (χ0) is 24.3. The molecule has 2 nitrogen and oxygen atoms in total. The molecule has 0 radical (unpaired) electrons. The largest absolute Gasteiger partial charge is 0.286 e. The normalized spacial score (nSPS) is 11.3. The van der Waals surface area contributed by atoms with Crippen molar-refractivity contribution in [3.63, 3.8) is 0 Å². The Kier molecular flexibility index (Phi) is 16.7. The first-order valence-electron chi connectivity index (χ1n) is 12.4. The molecule has 0 N–H and O–H groups in total. The number of terminal acetylenes is 2. The van der Waals surface area contributed by atoms with Crippen molar-refractivity contribution in [2.24, 2.45) is 0 Å². The lowest BCUT2D eigenvalue weighted by Crippen LogP contribution is -2.49. The maximum atomic E-state index is 5.30. The number of hydrogen-bond acceptors (Lipinski definition) is 2. The molecule has 0 aromatic rings. The van der Waals surface area contributed by atoms with Gasteiger partial charge in [0, 0.05) is 49.9 Å². The number of hydrogen-bond donors (Lipinski definition) is 0. The molecule has 0 atom stereocenters. The van der Waals surface area contributed by atoms with Crippen LogP contribution < -0.4 is 0 Å². The van der Waals surface area contributed by atoms with Gasteiger partial charge in [-0.25, -0.2) is 0 Å². The molecule has 0 spiro atoms. The summed E-state index contributed by atoms with van der Waals surface area (Å²) in [6.45, 7) is 17.3. The smallest absolute Gasteiger partial charge is 0.0606 e. The minimum Gasteiger partial charge on any atom is -0.286 e. The van der Waals surface area contributed by atoms with Crippen LogP contribution in [0.3, 0.4) is 0 Å². The number of rotatable bonds is 13. The minimum absolute atomic E-state index is 0.0924. The van der Waals surface area contributed by atoms with Gasteiger partial charge in [0.1, 0.15) is 0 Å². The highest BCUT2D eigenvalue weighted by atomic mass is 15.2. The third-order valence-corrected chi connectivity index (χ3v) is 5.57. The first-order valence-corrected chi connectivity index (χ1v) is 12.4. The van der Waals surface area contributed by atoms with Gasteiger partial charge in [-0.3, -0.25) is 9.80 Å². The average Bonchev–Trinajstić information content (AvgIpc) is 2.70. The van der Waals surface area contributed by atoms with E-state index in [9.17, 15) is 0 Å². The van der Waals surface area contributed by atoms with E-state index < -0.39 is 0 Å². The van der Waals surface area contributed by atoms with Crippen LogP contribution in [0.2, 0.25) is 0 Å². The van der Waals surface area contributed by atoms with Gasteiger partial charge in [-0.1, -0.05) is 24.7 Å². The van der Waals surface area contributed by atoms with Gasteiger partial charge in [-0.05, 0) is 67.2 Å². The second-order valence-corrected chi connectivity index (χ2v) is 10.4. The predicted octanol–water partition coefficient (Wildman–Crippen LogP) is 6.36. The van der Waals surface area contributed by atoms with E-state index in [1.54, 1.807) is 0 Å². The summed E-state index contributed by atoms with van der Waals surface area (Å²) in [6, 6.07) is 0. The second kappa shape index (κ2) is 17.7. The minimum atomic E-state index is 0.0924. The van der Waals surface area contributed by atoms with E-state index in [-0.39, 0.29) is 11.1 Å². The fourth-order valence-electron chi connectivity index (χ4n) is 3.26. The van der Waals surface area contributed by atoms with E-state index >= 15 is 0 Å². The van der Waals surface area contributed by atoms with E-state index in [1.807, 2.05) is 0 Å². The zero-order valence-corrected chi connectivity index (χ0v) is 21.9. The van der Waals surface area contributed by atoms with Gasteiger partial charge in [0.15, 0.2) is 0 Å². The van der Waals surface area contributed by atoms with E-state index in [0.29, 0.717) is 0 Å². The molecule has 0 aromatic heterocycles. The molecule has 0 unspecified atom stereocenters. The summed E-state index contributed by atoms with van der Waals surface area (Å²) in [5.74, 6) is 18.9. The van der Waals surface area contributed by atoms with Crippen molar-refractivity contribution in [2.45, 2.75) is 117 Å². The molecule has 0 aliphatic carbocycles. The van der Waals surface area contributed by atoms with Gasteiger partial charge < -0.3 is 0 Å². The Bertz CT molecular complexity index is 621. The lowest BCUT2D eigenvalue weighted by molar-refractivity contribution is 0.0973. The third kappa shape index (κ3) is 16.8. The van der Waals surface area contributed by atoms with Gasteiger partial charge in [-0.15, -0.1) is 36.5 Å². The molecule has 2 heteroatoms. The van der Waals surface area contributed by atoms with Crippen molar-refractivity contribution >= 4 is 0 Å². The molecule has 0 fully saturated rings. The van der Waals surface area contributed by atoms with Crippen LogP contribution in [0.15, 0.2) is 0 Å². The Hall–Kier alpha value is -1.84. The fourth-order valence-corrected chi connectivity index (χ4v) is 3.26. The molecule has 32 heavy (non-hydrogen) atoms. The second-order valence-electron chi connectivity index (χ2n) is 10.4. The molecular formula is C30H48N2. The zero-order valence-electron chi connectivity index (χ0n) is 21.9. The van der Waals surface area contributed by atoms with Crippen LogP contribution in [0, 0.1) is 48.4 Å². The Morgan fingerprint density at radius 3 is 1.16 bits per heavy atom. The van der Waals surface area contributed by atoms with Crippen LogP contribution in [0.1, 0.15) is 106 Å². The SMILES string of the molecule is C#CCCCCCC#CCN(CCN(CC#CCCCCCC#C)C(C)(C)C)C(C)(C)C. The van der Waals surface area contributed by atoms with E-state index in [4.69, 9.17) is 12.8 Å². The lowest BCUT2D eigenvalue weighted by Gasteiger charge is -2.39. The molecular weight excluding hydrogens is 388 g/mol. The van der Waals surface area contributed by atoms with Gasteiger partial charge in [0.25, 0.3) is 0 Å². The molecule has 178 valence electrons. The summed E-state index contributed by atoms with van der Waals surface area (Å²) in [6.07, 6.45) is 21.2. The highest BCUT2D eigenvalue weighted by molar-refractivity contribution is 5.04. The number of unbranched alkanes of at least 4 members (excludes halogenated alkanes) is 8. The van der Waals surface area contributed by atoms with Crippen LogP contribution in [-0.4, -0.2) is 47.1 Å². The maximum Gasteiger partial charge on any atom is 0.0606 e. The molecule has 0 aliphatic heterocycles. The van der Waals surface area contributed by atoms with Crippen LogP contribution in [0.5, 0.6) is 0 Å². The molecule has 0 saturated carbocycles. The molecule has 0 rings (SSSR count). The summed E-state index contributed by atoms with van der Waals surface area (Å²) in [5.41, 5.74) is 0.185. The molecule has 0 amide bonds. The lowest BCUT2D eigenvalue weighted by atomic mass is 10.0. The highest BCUT2D eigenvalue weighted by Gasteiger charge is 2.24. The Labute approximate surface area is 201 Å². The van der Waals surface area contributed by atoms with Crippen LogP contribution >= 0.6 is 0 Å². The fraction of sp³-hybridized carbons (Fsp3) is 0.733. The number of nitrogens with zero attached hydrogens (tertiary/aromatic N) is 2. The van der Waals surface area contributed by atoms with Gasteiger partial charge in [0.2, 0.25) is 0 Å². The van der Waals surface area contributed by atoms with Crippen molar-refractivity contribution < 1.29 is 0 Å². The summed E-state index contributed by atoms with van der Waals surface area (Å²) in [4.78, 5) is 4.96. The van der Waals surface area contributed by atoms with Crippen molar-refractivity contribution in [3.05, 3.63) is 0 Å². The summed E-state index contributed by atoms with van der Waals surface area (Å²) in [7, 11) is 0. The topological polar surface area (TPSA) is 6.48 Å². The van der Waals surface area contributed by atoms with E-state index in [0.717, 1.165) is 77.5 Å². The summed E-state index contributed by atoms with van der Waals surface area (Å²) >= 11 is 0. The Morgan fingerprint density at radius 2 is 0.844 bits per heavy atom. The van der Waals surface area contributed by atoms with Crippen molar-refractivity contribution in [1.82, 2.24) is 9.80 Å². The standard InChI is InChI=1S/C30H48N2/c1-9-11-13-15-17-19-21-23-25-31(29(3,4)5)27-28-32(30(6,7)8)26-24-22-20-18-16-14-12-10-2/h1-2H,11-20,25-28H2,3-8H3. The average molecular weight is 437 g/mol. The Balaban J connectivity index is 4.62.